The molecule has 1 aromatic carbocycles. The summed E-state index contributed by atoms with van der Waals surface area (Å²) in [5.74, 6) is 0.413. The summed E-state index contributed by atoms with van der Waals surface area (Å²) in [5, 5.41) is -0.348. The van der Waals surface area contributed by atoms with E-state index < -0.39 is 0 Å². The Hall–Kier alpha value is -1.02. The maximum absolute atomic E-state index is 11.8. The number of hydrogen-bond donors (Lipinski definition) is 1. The van der Waals surface area contributed by atoms with Crippen molar-refractivity contribution in [3.63, 3.8) is 0 Å². The number of carbonyl (C=O) groups excluding carboxylic acids is 1. The first-order valence-electron chi connectivity index (χ1n) is 4.72. The van der Waals surface area contributed by atoms with Crippen molar-refractivity contribution in [3.05, 3.63) is 29.8 Å². The van der Waals surface area contributed by atoms with E-state index in [0.717, 1.165) is 12.8 Å². The second-order valence-electron chi connectivity index (χ2n) is 3.73. The molecule has 1 unspecified atom stereocenters. The molecule has 2 N–H and O–H groups in total. The molecule has 0 aliphatic heterocycles. The van der Waals surface area contributed by atoms with E-state index in [1.165, 1.54) is 0 Å². The third-order valence-corrected chi connectivity index (χ3v) is 3.04. The molecular formula is C11H12ClNO. The lowest BCUT2D eigenvalue weighted by Gasteiger charge is -2.06. The molecule has 1 aliphatic rings. The highest BCUT2D eigenvalue weighted by atomic mass is 35.5. The van der Waals surface area contributed by atoms with E-state index in [0.29, 0.717) is 17.2 Å². The lowest BCUT2D eigenvalue weighted by molar-refractivity contribution is 0.0980. The van der Waals surface area contributed by atoms with Gasteiger partial charge in [0.1, 0.15) is 0 Å². The Labute approximate surface area is 88.1 Å². The van der Waals surface area contributed by atoms with Crippen molar-refractivity contribution >= 4 is 23.1 Å². The number of nitrogen functional groups attached to an aromatic ring is 1. The minimum atomic E-state index is -0.348. The molecule has 0 radical (unpaired) electrons. The third kappa shape index (κ3) is 1.90. The number of halogens is 1. The Morgan fingerprint density at radius 3 is 2.43 bits per heavy atom. The Bertz CT molecular complexity index is 343. The largest absolute Gasteiger partial charge is 0.399 e. The first kappa shape index (κ1) is 9.53. The minimum absolute atomic E-state index is 0.0224. The van der Waals surface area contributed by atoms with Crippen molar-refractivity contribution in [1.82, 2.24) is 0 Å². The molecule has 0 saturated heterocycles. The van der Waals surface area contributed by atoms with Gasteiger partial charge in [0.05, 0.1) is 5.38 Å². The van der Waals surface area contributed by atoms with Crippen LogP contribution in [0.3, 0.4) is 0 Å². The van der Waals surface area contributed by atoms with Gasteiger partial charge in [-0.05, 0) is 43.0 Å². The Morgan fingerprint density at radius 1 is 1.36 bits per heavy atom. The smallest absolute Gasteiger partial charge is 0.180 e. The normalized spacial score (nSPS) is 17.8. The zero-order chi connectivity index (χ0) is 10.1. The van der Waals surface area contributed by atoms with Crippen molar-refractivity contribution < 1.29 is 4.79 Å². The van der Waals surface area contributed by atoms with Gasteiger partial charge in [-0.3, -0.25) is 4.79 Å². The first-order valence-corrected chi connectivity index (χ1v) is 5.16. The van der Waals surface area contributed by atoms with E-state index in [9.17, 15) is 4.79 Å². The van der Waals surface area contributed by atoms with Gasteiger partial charge in [-0.25, -0.2) is 0 Å². The van der Waals surface area contributed by atoms with Crippen LogP contribution in [-0.4, -0.2) is 11.2 Å². The molecule has 74 valence electrons. The van der Waals surface area contributed by atoms with Crippen LogP contribution in [0.25, 0.3) is 0 Å². The molecule has 0 heterocycles. The van der Waals surface area contributed by atoms with Crippen LogP contribution < -0.4 is 5.73 Å². The average Bonchev–Trinajstić information content (AvgIpc) is 3.00. The van der Waals surface area contributed by atoms with Crippen LogP contribution in [0.1, 0.15) is 23.2 Å². The van der Waals surface area contributed by atoms with Gasteiger partial charge in [0.15, 0.2) is 5.78 Å². The van der Waals surface area contributed by atoms with Gasteiger partial charge in [-0.2, -0.15) is 0 Å². The van der Waals surface area contributed by atoms with Crippen molar-refractivity contribution in [3.8, 4) is 0 Å². The fraction of sp³-hybridized carbons (Fsp3) is 0.364. The summed E-state index contributed by atoms with van der Waals surface area (Å²) in [6.45, 7) is 0. The van der Waals surface area contributed by atoms with E-state index in [4.69, 9.17) is 17.3 Å². The van der Waals surface area contributed by atoms with Crippen LogP contribution in [0.4, 0.5) is 5.69 Å². The quantitative estimate of drug-likeness (QED) is 0.472. The molecule has 1 aromatic rings. The minimum Gasteiger partial charge on any atom is -0.399 e. The van der Waals surface area contributed by atoms with Gasteiger partial charge >= 0.3 is 0 Å². The van der Waals surface area contributed by atoms with Gasteiger partial charge in [0, 0.05) is 11.3 Å². The molecule has 2 nitrogen and oxygen atoms in total. The molecule has 0 aromatic heterocycles. The third-order valence-electron chi connectivity index (χ3n) is 2.48. The zero-order valence-electron chi connectivity index (χ0n) is 7.74. The lowest BCUT2D eigenvalue weighted by atomic mass is 10.1. The Kier molecular flexibility index (Phi) is 2.46. The molecule has 0 amide bonds. The molecule has 1 aliphatic carbocycles. The standard InChI is InChI=1S/C11H12ClNO/c12-10(7-1-2-7)11(14)8-3-5-9(13)6-4-8/h3-7,10H,1-2,13H2. The molecule has 1 saturated carbocycles. The molecule has 1 atom stereocenters. The van der Waals surface area contributed by atoms with Gasteiger partial charge in [0.25, 0.3) is 0 Å². The summed E-state index contributed by atoms with van der Waals surface area (Å²) in [6, 6.07) is 6.92. The number of nitrogens with two attached hydrogens (primary N) is 1. The lowest BCUT2D eigenvalue weighted by Crippen LogP contribution is -2.16. The van der Waals surface area contributed by atoms with Crippen LogP contribution in [0.2, 0.25) is 0 Å². The summed E-state index contributed by atoms with van der Waals surface area (Å²) in [5.41, 5.74) is 6.86. The highest BCUT2D eigenvalue weighted by molar-refractivity contribution is 6.34. The number of rotatable bonds is 3. The maximum Gasteiger partial charge on any atom is 0.180 e. The molecule has 2 rings (SSSR count). The first-order chi connectivity index (χ1) is 6.68. The molecule has 0 spiro atoms. The number of alkyl halides is 1. The predicted molar refractivity (Wildman–Crippen MR) is 57.5 cm³/mol. The van der Waals surface area contributed by atoms with Gasteiger partial charge < -0.3 is 5.73 Å². The van der Waals surface area contributed by atoms with Crippen molar-refractivity contribution in [2.24, 2.45) is 5.92 Å². The number of ketones is 1. The summed E-state index contributed by atoms with van der Waals surface area (Å²) >= 11 is 6.02. The summed E-state index contributed by atoms with van der Waals surface area (Å²) < 4.78 is 0. The zero-order valence-corrected chi connectivity index (χ0v) is 8.50. The monoisotopic (exact) mass is 209 g/mol. The predicted octanol–water partition coefficient (Wildman–Crippen LogP) is 2.47. The van der Waals surface area contributed by atoms with Crippen molar-refractivity contribution in [2.75, 3.05) is 5.73 Å². The average molecular weight is 210 g/mol. The fourth-order valence-electron chi connectivity index (χ4n) is 1.41. The number of carbonyl (C=O) groups is 1. The highest BCUT2D eigenvalue weighted by Gasteiger charge is 2.34. The molecule has 3 heteroatoms. The van der Waals surface area contributed by atoms with Gasteiger partial charge in [-0.1, -0.05) is 0 Å². The second-order valence-corrected chi connectivity index (χ2v) is 4.20. The van der Waals surface area contributed by atoms with E-state index in [1.807, 2.05) is 0 Å². The van der Waals surface area contributed by atoms with E-state index in [2.05, 4.69) is 0 Å². The SMILES string of the molecule is Nc1ccc(C(=O)C(Cl)C2CC2)cc1. The number of hydrogen-bond acceptors (Lipinski definition) is 2. The number of benzene rings is 1. The fourth-order valence-corrected chi connectivity index (χ4v) is 1.79. The molecule has 14 heavy (non-hydrogen) atoms. The molecule has 1 fully saturated rings. The van der Waals surface area contributed by atoms with Crippen LogP contribution in [-0.2, 0) is 0 Å². The van der Waals surface area contributed by atoms with Crippen LogP contribution in [0, 0.1) is 5.92 Å². The van der Waals surface area contributed by atoms with E-state index in [1.54, 1.807) is 24.3 Å². The Balaban J connectivity index is 2.13. The van der Waals surface area contributed by atoms with E-state index in [-0.39, 0.29) is 11.2 Å². The summed E-state index contributed by atoms with van der Waals surface area (Å²) in [6.07, 6.45) is 2.16. The second kappa shape index (κ2) is 3.62. The van der Waals surface area contributed by atoms with Crippen LogP contribution in [0.5, 0.6) is 0 Å². The van der Waals surface area contributed by atoms with Gasteiger partial charge in [-0.15, -0.1) is 11.6 Å². The molecule has 0 bridgehead atoms. The molecular weight excluding hydrogens is 198 g/mol. The van der Waals surface area contributed by atoms with Crippen molar-refractivity contribution in [1.29, 1.82) is 0 Å². The van der Waals surface area contributed by atoms with Gasteiger partial charge in [0.2, 0.25) is 0 Å². The van der Waals surface area contributed by atoms with E-state index >= 15 is 0 Å². The van der Waals surface area contributed by atoms with Crippen LogP contribution in [0.15, 0.2) is 24.3 Å². The van der Waals surface area contributed by atoms with Crippen LogP contribution >= 0.6 is 11.6 Å². The number of Topliss-reactive ketones (excluding diaryl/α,β-unsaturated/α-hetero) is 1. The Morgan fingerprint density at radius 2 is 1.93 bits per heavy atom. The van der Waals surface area contributed by atoms with Crippen molar-refractivity contribution in [2.45, 2.75) is 18.2 Å². The maximum atomic E-state index is 11.8. The summed E-state index contributed by atoms with van der Waals surface area (Å²) in [7, 11) is 0. The number of anilines is 1. The topological polar surface area (TPSA) is 43.1 Å². The highest BCUT2D eigenvalue weighted by Crippen LogP contribution is 2.37. The summed E-state index contributed by atoms with van der Waals surface area (Å²) in [4.78, 5) is 11.8.